The van der Waals surface area contributed by atoms with Gasteiger partial charge in [0.1, 0.15) is 11.2 Å². The molecule has 0 fully saturated rings. The second-order valence-corrected chi connectivity index (χ2v) is 9.97. The summed E-state index contributed by atoms with van der Waals surface area (Å²) in [5.41, 5.74) is 1.61. The van der Waals surface area contributed by atoms with Crippen LogP contribution in [0.4, 0.5) is 5.69 Å². The molecular weight excluding hydrogens is 390 g/mol. The van der Waals surface area contributed by atoms with Gasteiger partial charge in [0.15, 0.2) is 5.92 Å². The molecule has 1 heterocycles. The number of carbonyl (C=O) groups excluding carboxylic acids is 2. The lowest BCUT2D eigenvalue weighted by Crippen LogP contribution is -2.48. The number of ether oxygens (including phenoxy) is 2. The van der Waals surface area contributed by atoms with E-state index in [-0.39, 0.29) is 0 Å². The van der Waals surface area contributed by atoms with Crippen molar-refractivity contribution in [2.75, 3.05) is 11.4 Å². The molecular formula is C26H33NO4. The number of esters is 2. The lowest BCUT2D eigenvalue weighted by molar-refractivity contribution is -0.175. The van der Waals surface area contributed by atoms with Crippen LogP contribution >= 0.6 is 0 Å². The van der Waals surface area contributed by atoms with E-state index in [9.17, 15) is 9.59 Å². The van der Waals surface area contributed by atoms with Crippen molar-refractivity contribution < 1.29 is 19.1 Å². The second-order valence-electron chi connectivity index (χ2n) is 9.97. The predicted molar refractivity (Wildman–Crippen MR) is 122 cm³/mol. The summed E-state index contributed by atoms with van der Waals surface area (Å²) in [6.07, 6.45) is 0.830. The molecule has 0 amide bonds. The van der Waals surface area contributed by atoms with Gasteiger partial charge >= 0.3 is 11.9 Å². The largest absolute Gasteiger partial charge is 0.459 e. The molecule has 0 saturated carbocycles. The van der Waals surface area contributed by atoms with Crippen molar-refractivity contribution in [2.24, 2.45) is 5.92 Å². The summed E-state index contributed by atoms with van der Waals surface area (Å²) >= 11 is 0. The first-order valence-electron chi connectivity index (χ1n) is 10.8. The van der Waals surface area contributed by atoms with Gasteiger partial charge in [-0.25, -0.2) is 0 Å². The molecule has 0 radical (unpaired) electrons. The van der Waals surface area contributed by atoms with E-state index in [2.05, 4.69) is 11.0 Å². The molecule has 0 spiro atoms. The molecule has 5 nitrogen and oxygen atoms in total. The van der Waals surface area contributed by atoms with E-state index in [0.717, 1.165) is 23.2 Å². The molecule has 5 heteroatoms. The van der Waals surface area contributed by atoms with E-state index in [0.29, 0.717) is 6.54 Å². The Morgan fingerprint density at radius 3 is 1.90 bits per heavy atom. The zero-order chi connectivity index (χ0) is 22.8. The molecule has 1 aliphatic rings. The predicted octanol–water partition coefficient (Wildman–Crippen LogP) is 5.09. The van der Waals surface area contributed by atoms with Crippen molar-refractivity contribution >= 4 is 17.6 Å². The first-order valence-corrected chi connectivity index (χ1v) is 10.8. The van der Waals surface area contributed by atoms with E-state index < -0.39 is 35.1 Å². The van der Waals surface area contributed by atoms with E-state index in [1.807, 2.05) is 48.5 Å². The van der Waals surface area contributed by atoms with Gasteiger partial charge in [0.25, 0.3) is 0 Å². The maximum absolute atomic E-state index is 13.4. The van der Waals surface area contributed by atoms with Gasteiger partial charge in [-0.15, -0.1) is 0 Å². The summed E-state index contributed by atoms with van der Waals surface area (Å²) in [4.78, 5) is 29.0. The number of anilines is 1. The summed E-state index contributed by atoms with van der Waals surface area (Å²) < 4.78 is 11.4. The van der Waals surface area contributed by atoms with Crippen LogP contribution in [0.3, 0.4) is 0 Å². The van der Waals surface area contributed by atoms with E-state index >= 15 is 0 Å². The van der Waals surface area contributed by atoms with Gasteiger partial charge < -0.3 is 14.4 Å². The third-order valence-corrected chi connectivity index (χ3v) is 5.06. The number of para-hydroxylation sites is 1. The quantitative estimate of drug-likeness (QED) is 0.506. The van der Waals surface area contributed by atoms with E-state index in [1.54, 1.807) is 41.5 Å². The standard InChI is InChI=1S/C26H33NO4/c1-25(2,3)30-23(28)21(24(29)31-26(4,5)6)22-20-15-11-10-12-18(20)16-17-27(22)19-13-8-7-9-14-19/h7-15,21-22H,16-17H2,1-6H3. The van der Waals surface area contributed by atoms with Crippen LogP contribution in [0, 0.1) is 5.92 Å². The Kier molecular flexibility index (Phi) is 6.44. The highest BCUT2D eigenvalue weighted by Crippen LogP contribution is 2.40. The lowest BCUT2D eigenvalue weighted by atomic mass is 9.84. The summed E-state index contributed by atoms with van der Waals surface area (Å²) in [6, 6.07) is 17.4. The van der Waals surface area contributed by atoms with Crippen LogP contribution in [-0.2, 0) is 25.5 Å². The molecule has 0 aromatic heterocycles. The van der Waals surface area contributed by atoms with Crippen LogP contribution in [0.15, 0.2) is 54.6 Å². The Bertz CT molecular complexity index is 896. The highest BCUT2D eigenvalue weighted by Gasteiger charge is 2.46. The fourth-order valence-corrected chi connectivity index (χ4v) is 3.95. The molecule has 0 bridgehead atoms. The summed E-state index contributed by atoms with van der Waals surface area (Å²) in [5.74, 6) is -2.24. The smallest absolute Gasteiger partial charge is 0.323 e. The molecule has 31 heavy (non-hydrogen) atoms. The Morgan fingerprint density at radius 2 is 1.35 bits per heavy atom. The minimum atomic E-state index is -1.11. The monoisotopic (exact) mass is 423 g/mol. The zero-order valence-corrected chi connectivity index (χ0v) is 19.3. The van der Waals surface area contributed by atoms with Gasteiger partial charge in [0, 0.05) is 12.2 Å². The first-order chi connectivity index (χ1) is 14.5. The topological polar surface area (TPSA) is 55.8 Å². The maximum atomic E-state index is 13.4. The van der Waals surface area contributed by atoms with Gasteiger partial charge in [0.05, 0.1) is 6.04 Å². The number of fused-ring (bicyclic) bond motifs is 1. The van der Waals surface area contributed by atoms with Crippen LogP contribution in [0.25, 0.3) is 0 Å². The van der Waals surface area contributed by atoms with Crippen LogP contribution < -0.4 is 4.90 Å². The molecule has 1 aliphatic heterocycles. The number of benzene rings is 2. The number of carbonyl (C=O) groups is 2. The molecule has 2 aromatic carbocycles. The van der Waals surface area contributed by atoms with Crippen LogP contribution in [-0.4, -0.2) is 29.7 Å². The average molecular weight is 424 g/mol. The first kappa shape index (κ1) is 22.9. The van der Waals surface area contributed by atoms with Crippen molar-refractivity contribution in [3.05, 3.63) is 65.7 Å². The van der Waals surface area contributed by atoms with Crippen molar-refractivity contribution in [1.82, 2.24) is 0 Å². The number of hydrogen-bond acceptors (Lipinski definition) is 5. The van der Waals surface area contributed by atoms with Gasteiger partial charge in [0.2, 0.25) is 0 Å². The van der Waals surface area contributed by atoms with Crippen molar-refractivity contribution in [3.8, 4) is 0 Å². The highest BCUT2D eigenvalue weighted by atomic mass is 16.6. The van der Waals surface area contributed by atoms with Crippen LogP contribution in [0.1, 0.15) is 58.7 Å². The molecule has 0 aliphatic carbocycles. The molecule has 1 unspecified atom stereocenters. The molecule has 0 saturated heterocycles. The summed E-state index contributed by atoms with van der Waals surface area (Å²) in [5, 5.41) is 0. The molecule has 3 rings (SSSR count). The Labute approximate surface area is 185 Å². The number of rotatable bonds is 4. The highest BCUT2D eigenvalue weighted by molar-refractivity contribution is 5.97. The average Bonchev–Trinajstić information content (AvgIpc) is 2.66. The zero-order valence-electron chi connectivity index (χ0n) is 19.3. The van der Waals surface area contributed by atoms with Gasteiger partial charge in [-0.2, -0.15) is 0 Å². The normalized spacial score (nSPS) is 16.6. The fourth-order valence-electron chi connectivity index (χ4n) is 3.95. The molecule has 0 N–H and O–H groups in total. The molecule has 166 valence electrons. The maximum Gasteiger partial charge on any atom is 0.323 e. The van der Waals surface area contributed by atoms with Gasteiger partial charge in [-0.3, -0.25) is 9.59 Å². The minimum absolute atomic E-state index is 0.517. The Balaban J connectivity index is 2.13. The van der Waals surface area contributed by atoms with Crippen LogP contribution in [0.5, 0.6) is 0 Å². The van der Waals surface area contributed by atoms with Crippen molar-refractivity contribution in [2.45, 2.75) is 65.2 Å². The Hall–Kier alpha value is -2.82. The SMILES string of the molecule is CC(C)(C)OC(=O)C(C(=O)OC(C)(C)C)C1c2ccccc2CCN1c1ccccc1. The number of hydrogen-bond donors (Lipinski definition) is 0. The minimum Gasteiger partial charge on any atom is -0.459 e. The summed E-state index contributed by atoms with van der Waals surface area (Å²) in [6.45, 7) is 11.5. The van der Waals surface area contributed by atoms with Crippen LogP contribution in [0.2, 0.25) is 0 Å². The van der Waals surface area contributed by atoms with E-state index in [1.165, 1.54) is 0 Å². The third kappa shape index (κ3) is 5.66. The molecule has 1 atom stereocenters. The van der Waals surface area contributed by atoms with Crippen molar-refractivity contribution in [1.29, 1.82) is 0 Å². The van der Waals surface area contributed by atoms with Gasteiger partial charge in [-0.05, 0) is 71.2 Å². The fraction of sp³-hybridized carbons (Fsp3) is 0.462. The molecule has 2 aromatic rings. The van der Waals surface area contributed by atoms with Crippen molar-refractivity contribution in [3.63, 3.8) is 0 Å². The third-order valence-electron chi connectivity index (χ3n) is 5.06. The second kappa shape index (κ2) is 8.74. The Morgan fingerprint density at radius 1 is 0.839 bits per heavy atom. The van der Waals surface area contributed by atoms with E-state index in [4.69, 9.17) is 9.47 Å². The number of nitrogens with zero attached hydrogens (tertiary/aromatic N) is 1. The lowest BCUT2D eigenvalue weighted by Gasteiger charge is -2.42. The van der Waals surface area contributed by atoms with Gasteiger partial charge in [-0.1, -0.05) is 42.5 Å². The summed E-state index contributed by atoms with van der Waals surface area (Å²) in [7, 11) is 0.